The third kappa shape index (κ3) is 4.34. The molecule has 1 aliphatic rings. The lowest BCUT2D eigenvalue weighted by Crippen LogP contribution is -2.47. The van der Waals surface area contributed by atoms with E-state index in [4.69, 9.17) is 10.6 Å². The number of likely N-dealkylation sites (tertiary alicyclic amines) is 1. The molecule has 0 spiro atoms. The van der Waals surface area contributed by atoms with Gasteiger partial charge in [0.1, 0.15) is 6.04 Å². The van der Waals surface area contributed by atoms with E-state index in [0.29, 0.717) is 0 Å². The number of nitrogens with zero attached hydrogens (tertiary/aromatic N) is 1. The van der Waals surface area contributed by atoms with Crippen molar-refractivity contribution in [1.82, 2.24) is 4.90 Å². The fourth-order valence-corrected chi connectivity index (χ4v) is 1.78. The Labute approximate surface area is 96.2 Å². The summed E-state index contributed by atoms with van der Waals surface area (Å²) in [5.41, 5.74) is 0. The molecule has 1 aliphatic heterocycles. The highest BCUT2D eigenvalue weighted by atomic mass is 35.5. The Morgan fingerprint density at radius 3 is 2.47 bits per heavy atom. The predicted octanol–water partition coefficient (Wildman–Crippen LogP) is 0.326. The molecule has 0 saturated carbocycles. The van der Waals surface area contributed by atoms with E-state index < -0.39 is 0 Å². The van der Waals surface area contributed by atoms with Crippen LogP contribution in [0.2, 0.25) is 0 Å². The van der Waals surface area contributed by atoms with Crippen molar-refractivity contribution in [3.63, 3.8) is 0 Å². The summed E-state index contributed by atoms with van der Waals surface area (Å²) in [5, 5.41) is 0. The lowest BCUT2D eigenvalue weighted by atomic mass is 10.1. The summed E-state index contributed by atoms with van der Waals surface area (Å²) in [6, 6.07) is -0.342. The van der Waals surface area contributed by atoms with Gasteiger partial charge >= 0.3 is 5.97 Å². The van der Waals surface area contributed by atoms with E-state index in [2.05, 4.69) is 9.74 Å². The summed E-state index contributed by atoms with van der Waals surface area (Å²) in [6.07, 6.45) is 3.48. The average molecular weight is 239 g/mol. The van der Waals surface area contributed by atoms with Gasteiger partial charge in [0.2, 0.25) is 0 Å². The fraction of sp³-hybridized carbons (Fsp3) is 0.889. The minimum atomic E-state index is -0.342. The second kappa shape index (κ2) is 7.87. The van der Waals surface area contributed by atoms with Gasteiger partial charge < -0.3 is 9.57 Å². The zero-order valence-corrected chi connectivity index (χ0v) is 9.79. The molecule has 90 valence electrons. The van der Waals surface area contributed by atoms with Crippen molar-refractivity contribution in [3.05, 3.63) is 0 Å². The average Bonchev–Trinajstić information content (AvgIpc) is 2.26. The first-order chi connectivity index (χ1) is 6.79. The van der Waals surface area contributed by atoms with Crippen LogP contribution in [-0.2, 0) is 14.4 Å². The molecular formula is C9H19ClN2O3. The maximum atomic E-state index is 11.4. The van der Waals surface area contributed by atoms with Gasteiger partial charge in [0.05, 0.1) is 13.7 Å². The minimum absolute atomic E-state index is 0. The van der Waals surface area contributed by atoms with Gasteiger partial charge in [-0.05, 0) is 25.9 Å². The maximum absolute atomic E-state index is 11.4. The first kappa shape index (κ1) is 14.6. The molecule has 1 fully saturated rings. The first-order valence-corrected chi connectivity index (χ1v) is 4.93. The maximum Gasteiger partial charge on any atom is 0.325 e. The Bertz CT molecular complexity index is 186. The monoisotopic (exact) mass is 238 g/mol. The molecule has 0 aromatic rings. The van der Waals surface area contributed by atoms with Gasteiger partial charge in [0.25, 0.3) is 0 Å². The third-order valence-corrected chi connectivity index (χ3v) is 2.56. The summed E-state index contributed by atoms with van der Waals surface area (Å²) >= 11 is 0. The van der Waals surface area contributed by atoms with E-state index in [0.717, 1.165) is 25.9 Å². The van der Waals surface area contributed by atoms with Crippen molar-refractivity contribution in [1.29, 1.82) is 0 Å². The number of carbonyl (C=O) groups excluding carboxylic acids is 1. The molecule has 6 heteroatoms. The lowest BCUT2D eigenvalue weighted by Gasteiger charge is -2.31. The Hall–Kier alpha value is -0.360. The normalized spacial score (nSPS) is 19.1. The summed E-state index contributed by atoms with van der Waals surface area (Å²) < 4.78 is 4.70. The highest BCUT2D eigenvalue weighted by Crippen LogP contribution is 2.13. The van der Waals surface area contributed by atoms with Crippen LogP contribution in [0, 0.1) is 0 Å². The standard InChI is InChI=1S/C9H18N2O3.ClH/c1-13-9(12)8(7-14-10)11-5-3-2-4-6-11;/h8H,2-7,10H2,1H3;1H. The lowest BCUT2D eigenvalue weighted by molar-refractivity contribution is -0.150. The minimum Gasteiger partial charge on any atom is -0.468 e. The number of ether oxygens (including phenoxy) is 1. The molecule has 1 unspecified atom stereocenters. The number of piperidine rings is 1. The van der Waals surface area contributed by atoms with Crippen LogP contribution in [-0.4, -0.2) is 43.7 Å². The molecule has 15 heavy (non-hydrogen) atoms. The molecule has 1 rings (SSSR count). The van der Waals surface area contributed by atoms with Gasteiger partial charge in [-0.3, -0.25) is 9.69 Å². The van der Waals surface area contributed by atoms with Crippen LogP contribution in [0.5, 0.6) is 0 Å². The topological polar surface area (TPSA) is 64.8 Å². The second-order valence-electron chi connectivity index (χ2n) is 3.47. The Balaban J connectivity index is 0.00000196. The zero-order chi connectivity index (χ0) is 10.4. The van der Waals surface area contributed by atoms with Crippen LogP contribution >= 0.6 is 12.4 Å². The van der Waals surface area contributed by atoms with Crippen LogP contribution in [0.25, 0.3) is 0 Å². The Morgan fingerprint density at radius 1 is 1.40 bits per heavy atom. The predicted molar refractivity (Wildman–Crippen MR) is 58.6 cm³/mol. The summed E-state index contributed by atoms with van der Waals surface area (Å²) in [5.74, 6) is 4.73. The number of halogens is 1. The zero-order valence-electron chi connectivity index (χ0n) is 8.98. The van der Waals surface area contributed by atoms with Crippen LogP contribution in [0.4, 0.5) is 0 Å². The van der Waals surface area contributed by atoms with E-state index in [9.17, 15) is 4.79 Å². The number of methoxy groups -OCH3 is 1. The van der Waals surface area contributed by atoms with Crippen LogP contribution in [0.1, 0.15) is 19.3 Å². The van der Waals surface area contributed by atoms with Crippen molar-refractivity contribution in [2.45, 2.75) is 25.3 Å². The number of hydrogen-bond donors (Lipinski definition) is 1. The first-order valence-electron chi connectivity index (χ1n) is 4.93. The van der Waals surface area contributed by atoms with Gasteiger partial charge in [-0.1, -0.05) is 6.42 Å². The van der Waals surface area contributed by atoms with Crippen molar-refractivity contribution in [2.75, 3.05) is 26.8 Å². The molecule has 0 aliphatic carbocycles. The van der Waals surface area contributed by atoms with Gasteiger partial charge in [0, 0.05) is 0 Å². The molecule has 2 N–H and O–H groups in total. The number of esters is 1. The van der Waals surface area contributed by atoms with Crippen molar-refractivity contribution >= 4 is 18.4 Å². The molecule has 0 bridgehead atoms. The Morgan fingerprint density at radius 2 is 2.00 bits per heavy atom. The van der Waals surface area contributed by atoms with E-state index in [-0.39, 0.29) is 31.0 Å². The van der Waals surface area contributed by atoms with Crippen LogP contribution in [0.3, 0.4) is 0 Å². The number of rotatable bonds is 4. The second-order valence-corrected chi connectivity index (χ2v) is 3.47. The van der Waals surface area contributed by atoms with E-state index >= 15 is 0 Å². The van der Waals surface area contributed by atoms with E-state index in [1.54, 1.807) is 0 Å². The molecule has 1 atom stereocenters. The van der Waals surface area contributed by atoms with Crippen molar-refractivity contribution in [2.24, 2.45) is 5.90 Å². The summed E-state index contributed by atoms with van der Waals surface area (Å²) in [7, 11) is 1.38. The highest BCUT2D eigenvalue weighted by molar-refractivity contribution is 5.85. The molecule has 1 saturated heterocycles. The fourth-order valence-electron chi connectivity index (χ4n) is 1.78. The number of hydrogen-bond acceptors (Lipinski definition) is 5. The van der Waals surface area contributed by atoms with Crippen molar-refractivity contribution < 1.29 is 14.4 Å². The molecule has 1 heterocycles. The van der Waals surface area contributed by atoms with E-state index in [1.807, 2.05) is 0 Å². The highest BCUT2D eigenvalue weighted by Gasteiger charge is 2.27. The smallest absolute Gasteiger partial charge is 0.325 e. The molecule has 0 aromatic carbocycles. The van der Waals surface area contributed by atoms with Crippen LogP contribution < -0.4 is 5.90 Å². The molecule has 0 radical (unpaired) electrons. The van der Waals surface area contributed by atoms with Crippen LogP contribution in [0.15, 0.2) is 0 Å². The van der Waals surface area contributed by atoms with E-state index in [1.165, 1.54) is 13.5 Å². The summed E-state index contributed by atoms with van der Waals surface area (Å²) in [4.78, 5) is 18.0. The van der Waals surface area contributed by atoms with Gasteiger partial charge in [-0.25, -0.2) is 5.90 Å². The third-order valence-electron chi connectivity index (χ3n) is 2.56. The summed E-state index contributed by atoms with van der Waals surface area (Å²) in [6.45, 7) is 2.04. The molecule has 0 aromatic heterocycles. The van der Waals surface area contributed by atoms with Gasteiger partial charge in [-0.2, -0.15) is 0 Å². The van der Waals surface area contributed by atoms with Gasteiger partial charge in [-0.15, -0.1) is 12.4 Å². The molecule has 0 amide bonds. The molecular weight excluding hydrogens is 220 g/mol. The Kier molecular flexibility index (Phi) is 7.68. The number of carbonyl (C=O) groups is 1. The molecule has 5 nitrogen and oxygen atoms in total. The SMILES string of the molecule is COC(=O)C(CON)N1CCCCC1.Cl. The van der Waals surface area contributed by atoms with Gasteiger partial charge in [0.15, 0.2) is 0 Å². The largest absolute Gasteiger partial charge is 0.468 e. The quantitative estimate of drug-likeness (QED) is 0.565. The van der Waals surface area contributed by atoms with Crippen molar-refractivity contribution in [3.8, 4) is 0 Å². The number of nitrogens with two attached hydrogens (primary N) is 1.